The van der Waals surface area contributed by atoms with Crippen LogP contribution in [0.25, 0.3) is 0 Å². The Morgan fingerprint density at radius 2 is 2.30 bits per heavy atom. The lowest BCUT2D eigenvalue weighted by molar-refractivity contribution is 0.0668. The predicted molar refractivity (Wildman–Crippen MR) is 34.6 cm³/mol. The van der Waals surface area contributed by atoms with Gasteiger partial charge in [0.05, 0.1) is 6.61 Å². The summed E-state index contributed by atoms with van der Waals surface area (Å²) < 4.78 is 4.63. The summed E-state index contributed by atoms with van der Waals surface area (Å²) in [7, 11) is 0. The van der Waals surface area contributed by atoms with Crippen LogP contribution >= 0.6 is 0 Å². The van der Waals surface area contributed by atoms with E-state index in [1.165, 1.54) is 0 Å². The van der Waals surface area contributed by atoms with Crippen molar-refractivity contribution in [3.05, 3.63) is 0 Å². The van der Waals surface area contributed by atoms with Crippen LogP contribution in [-0.2, 0) is 4.74 Å². The Balaban J connectivity index is 2.08. The van der Waals surface area contributed by atoms with Crippen LogP contribution in [0.5, 0.6) is 0 Å². The topological polar surface area (TPSA) is 49.8 Å². The molecule has 0 bridgehead atoms. The van der Waals surface area contributed by atoms with Gasteiger partial charge >= 0.3 is 6.09 Å². The molecule has 0 radical (unpaired) electrons. The SMILES string of the molecule is O=C(OCCO)N1CCC1. The number of hydrogen-bond acceptors (Lipinski definition) is 3. The van der Waals surface area contributed by atoms with E-state index in [0.717, 1.165) is 19.5 Å². The van der Waals surface area contributed by atoms with E-state index in [2.05, 4.69) is 4.74 Å². The number of carbonyl (C=O) groups excluding carboxylic acids is 1. The predicted octanol–water partition coefficient (Wildman–Crippen LogP) is -0.179. The number of aliphatic hydroxyl groups is 1. The van der Waals surface area contributed by atoms with E-state index in [4.69, 9.17) is 5.11 Å². The fourth-order valence-electron chi connectivity index (χ4n) is 0.723. The minimum absolute atomic E-state index is 0.0976. The zero-order chi connectivity index (χ0) is 7.40. The van der Waals surface area contributed by atoms with Crippen LogP contribution in [0, 0.1) is 0 Å². The van der Waals surface area contributed by atoms with Gasteiger partial charge in [0.15, 0.2) is 0 Å². The van der Waals surface area contributed by atoms with Gasteiger partial charge in [-0.15, -0.1) is 0 Å². The van der Waals surface area contributed by atoms with Crippen molar-refractivity contribution >= 4 is 6.09 Å². The third-order valence-corrected chi connectivity index (χ3v) is 1.43. The fraction of sp³-hybridized carbons (Fsp3) is 0.833. The van der Waals surface area contributed by atoms with E-state index < -0.39 is 0 Å². The largest absolute Gasteiger partial charge is 0.447 e. The third-order valence-electron chi connectivity index (χ3n) is 1.43. The van der Waals surface area contributed by atoms with Crippen molar-refractivity contribution in [2.75, 3.05) is 26.3 Å². The van der Waals surface area contributed by atoms with Crippen molar-refractivity contribution in [2.24, 2.45) is 0 Å². The van der Waals surface area contributed by atoms with Gasteiger partial charge in [0.25, 0.3) is 0 Å². The standard InChI is InChI=1S/C6H11NO3/c8-4-5-10-6(9)7-2-1-3-7/h8H,1-5H2. The van der Waals surface area contributed by atoms with E-state index in [1.54, 1.807) is 4.90 Å². The molecule has 0 aromatic carbocycles. The molecule has 1 fully saturated rings. The number of rotatable bonds is 2. The Kier molecular flexibility index (Phi) is 2.50. The first-order chi connectivity index (χ1) is 4.84. The molecule has 0 unspecified atom stereocenters. The van der Waals surface area contributed by atoms with Crippen LogP contribution in [0.15, 0.2) is 0 Å². The highest BCUT2D eigenvalue weighted by molar-refractivity contribution is 5.68. The maximum atomic E-state index is 10.8. The van der Waals surface area contributed by atoms with Crippen LogP contribution < -0.4 is 0 Å². The zero-order valence-electron chi connectivity index (χ0n) is 5.75. The normalized spacial score (nSPS) is 16.3. The minimum Gasteiger partial charge on any atom is -0.447 e. The van der Waals surface area contributed by atoms with E-state index in [9.17, 15) is 4.79 Å². The van der Waals surface area contributed by atoms with Gasteiger partial charge in [0, 0.05) is 13.1 Å². The highest BCUT2D eigenvalue weighted by Gasteiger charge is 2.20. The lowest BCUT2D eigenvalue weighted by Crippen LogP contribution is -2.42. The molecule has 1 N–H and O–H groups in total. The molecule has 0 aliphatic carbocycles. The van der Waals surface area contributed by atoms with Crippen molar-refractivity contribution < 1.29 is 14.6 Å². The Morgan fingerprint density at radius 1 is 1.60 bits per heavy atom. The molecule has 1 aliphatic rings. The first-order valence-corrected chi connectivity index (χ1v) is 3.37. The number of hydrogen-bond donors (Lipinski definition) is 1. The quantitative estimate of drug-likeness (QED) is 0.586. The van der Waals surface area contributed by atoms with E-state index in [0.29, 0.717) is 0 Å². The molecule has 0 atom stereocenters. The number of nitrogens with zero attached hydrogens (tertiary/aromatic N) is 1. The van der Waals surface area contributed by atoms with Crippen molar-refractivity contribution in [1.82, 2.24) is 4.90 Å². The molecule has 1 rings (SSSR count). The Bertz CT molecular complexity index is 122. The Morgan fingerprint density at radius 3 is 2.70 bits per heavy atom. The summed E-state index contributed by atoms with van der Waals surface area (Å²) in [6, 6.07) is 0. The van der Waals surface area contributed by atoms with Gasteiger partial charge in [-0.05, 0) is 6.42 Å². The van der Waals surface area contributed by atoms with Gasteiger partial charge in [0.1, 0.15) is 6.61 Å². The molecular formula is C6H11NO3. The number of carbonyl (C=O) groups is 1. The van der Waals surface area contributed by atoms with Crippen molar-refractivity contribution in [3.63, 3.8) is 0 Å². The monoisotopic (exact) mass is 145 g/mol. The molecule has 0 saturated carbocycles. The molecule has 4 heteroatoms. The molecule has 0 aromatic rings. The van der Waals surface area contributed by atoms with Crippen molar-refractivity contribution in [2.45, 2.75) is 6.42 Å². The van der Waals surface area contributed by atoms with Crippen LogP contribution in [0.4, 0.5) is 4.79 Å². The van der Waals surface area contributed by atoms with Gasteiger partial charge in [-0.2, -0.15) is 0 Å². The van der Waals surface area contributed by atoms with E-state index in [-0.39, 0.29) is 19.3 Å². The van der Waals surface area contributed by atoms with Gasteiger partial charge in [-0.3, -0.25) is 0 Å². The molecule has 58 valence electrons. The van der Waals surface area contributed by atoms with E-state index in [1.807, 2.05) is 0 Å². The second-order valence-corrected chi connectivity index (χ2v) is 2.18. The molecule has 1 aliphatic heterocycles. The number of likely N-dealkylation sites (tertiary alicyclic amines) is 1. The first-order valence-electron chi connectivity index (χ1n) is 3.37. The van der Waals surface area contributed by atoms with Crippen LogP contribution in [-0.4, -0.2) is 42.4 Å². The number of aliphatic hydroxyl groups excluding tert-OH is 1. The Hall–Kier alpha value is -0.770. The number of ether oxygens (including phenoxy) is 1. The van der Waals surface area contributed by atoms with Crippen molar-refractivity contribution in [1.29, 1.82) is 0 Å². The van der Waals surface area contributed by atoms with Crippen LogP contribution in [0.3, 0.4) is 0 Å². The molecule has 0 spiro atoms. The average molecular weight is 145 g/mol. The molecule has 4 nitrogen and oxygen atoms in total. The highest BCUT2D eigenvalue weighted by Crippen LogP contribution is 2.06. The van der Waals surface area contributed by atoms with E-state index >= 15 is 0 Å². The Labute approximate surface area is 59.4 Å². The maximum absolute atomic E-state index is 10.8. The summed E-state index contributed by atoms with van der Waals surface area (Å²) in [5.74, 6) is 0. The molecule has 1 amide bonds. The van der Waals surface area contributed by atoms with Gasteiger partial charge in [-0.25, -0.2) is 4.79 Å². The van der Waals surface area contributed by atoms with Gasteiger partial charge in [0.2, 0.25) is 0 Å². The van der Waals surface area contributed by atoms with Crippen LogP contribution in [0.2, 0.25) is 0 Å². The van der Waals surface area contributed by atoms with Crippen LogP contribution in [0.1, 0.15) is 6.42 Å². The highest BCUT2D eigenvalue weighted by atomic mass is 16.6. The first kappa shape index (κ1) is 7.34. The summed E-state index contributed by atoms with van der Waals surface area (Å²) in [6.45, 7) is 1.60. The molecule has 1 saturated heterocycles. The second-order valence-electron chi connectivity index (χ2n) is 2.18. The minimum atomic E-state index is -0.305. The van der Waals surface area contributed by atoms with Gasteiger partial charge < -0.3 is 14.7 Å². The smallest absolute Gasteiger partial charge is 0.409 e. The second kappa shape index (κ2) is 3.41. The van der Waals surface area contributed by atoms with Crippen molar-refractivity contribution in [3.8, 4) is 0 Å². The zero-order valence-corrected chi connectivity index (χ0v) is 5.75. The maximum Gasteiger partial charge on any atom is 0.409 e. The summed E-state index contributed by atoms with van der Waals surface area (Å²) in [6.07, 6.45) is 0.758. The lowest BCUT2D eigenvalue weighted by atomic mass is 10.2. The summed E-state index contributed by atoms with van der Waals surface area (Å²) in [5, 5.41) is 8.29. The molecule has 0 aromatic heterocycles. The lowest BCUT2D eigenvalue weighted by Gasteiger charge is -2.29. The molecule has 10 heavy (non-hydrogen) atoms. The number of amides is 1. The molecular weight excluding hydrogens is 134 g/mol. The average Bonchev–Trinajstić information content (AvgIpc) is 1.79. The third kappa shape index (κ3) is 1.60. The fourth-order valence-corrected chi connectivity index (χ4v) is 0.723. The summed E-state index contributed by atoms with van der Waals surface area (Å²) >= 11 is 0. The summed E-state index contributed by atoms with van der Waals surface area (Å²) in [4.78, 5) is 12.4. The summed E-state index contributed by atoms with van der Waals surface area (Å²) in [5.41, 5.74) is 0. The van der Waals surface area contributed by atoms with Gasteiger partial charge in [-0.1, -0.05) is 0 Å². The molecule has 1 heterocycles.